The van der Waals surface area contributed by atoms with E-state index in [0.29, 0.717) is 5.56 Å². The fraction of sp³-hybridized carbons (Fsp3) is 0.0526. The van der Waals surface area contributed by atoms with Crippen LogP contribution in [0.2, 0.25) is 0 Å². The van der Waals surface area contributed by atoms with Crippen LogP contribution in [0.15, 0.2) is 76.7 Å². The second-order valence-corrected chi connectivity index (χ2v) is 7.24. The molecule has 0 spiro atoms. The Morgan fingerprint density at radius 3 is 1.97 bits per heavy atom. The third-order valence-corrected chi connectivity index (χ3v) is 4.22. The van der Waals surface area contributed by atoms with Crippen molar-refractivity contribution >= 4 is 21.9 Å². The number of primary sulfonamides is 1. The number of carboxylic acid groups (broad SMARTS) is 1. The Morgan fingerprint density at radius 2 is 1.63 bits per heavy atom. The number of hydrogen-bond donors (Lipinski definition) is 4. The van der Waals surface area contributed by atoms with Gasteiger partial charge >= 0.3 is 5.97 Å². The summed E-state index contributed by atoms with van der Waals surface area (Å²) in [4.78, 5) is 37.4. The summed E-state index contributed by atoms with van der Waals surface area (Å²) < 4.78 is 21.5. The number of H-pyrrole nitrogens is 1. The predicted molar refractivity (Wildman–Crippen MR) is 109 cm³/mol. The molecule has 0 atom stereocenters. The fourth-order valence-corrected chi connectivity index (χ4v) is 2.37. The van der Waals surface area contributed by atoms with E-state index in [0.717, 1.165) is 17.8 Å². The molecule has 3 rings (SSSR count). The maximum atomic E-state index is 10.7. The van der Waals surface area contributed by atoms with E-state index in [4.69, 9.17) is 16.0 Å². The first kappa shape index (κ1) is 24.2. The molecule has 30 heavy (non-hydrogen) atoms. The lowest BCUT2D eigenvalue weighted by Gasteiger charge is -1.97. The van der Waals surface area contributed by atoms with Crippen molar-refractivity contribution in [3.63, 3.8) is 0 Å². The molecule has 2 heterocycles. The second kappa shape index (κ2) is 11.2. The summed E-state index contributed by atoms with van der Waals surface area (Å²) in [5.74, 6) is -1.55. The van der Waals surface area contributed by atoms with Crippen molar-refractivity contribution < 1.29 is 23.1 Å². The van der Waals surface area contributed by atoms with Gasteiger partial charge in [-0.3, -0.25) is 14.6 Å². The Kier molecular flexibility index (Phi) is 9.07. The van der Waals surface area contributed by atoms with Crippen LogP contribution in [0.25, 0.3) is 0 Å². The number of primary amides is 1. The average Bonchev–Trinajstić information content (AvgIpc) is 2.69. The van der Waals surface area contributed by atoms with Gasteiger partial charge in [0.25, 0.3) is 0 Å². The zero-order chi connectivity index (χ0) is 22.7. The smallest absolute Gasteiger partial charge is 0.335 e. The molecule has 0 saturated carbocycles. The van der Waals surface area contributed by atoms with Gasteiger partial charge in [-0.25, -0.2) is 18.4 Å². The molecule has 0 aliphatic heterocycles. The van der Waals surface area contributed by atoms with Gasteiger partial charge < -0.3 is 15.8 Å². The summed E-state index contributed by atoms with van der Waals surface area (Å²) in [6.45, 7) is 1.85. The van der Waals surface area contributed by atoms with Gasteiger partial charge in [0.2, 0.25) is 21.5 Å². The van der Waals surface area contributed by atoms with Gasteiger partial charge in [-0.2, -0.15) is 0 Å². The maximum absolute atomic E-state index is 10.7. The van der Waals surface area contributed by atoms with Crippen LogP contribution in [0.4, 0.5) is 0 Å². The monoisotopic (exact) mass is 432 g/mol. The normalized spacial score (nSPS) is 9.93. The standard InChI is InChI=1S/C7H7NO4S.C6H6N2O.C6H7NO/c8-13(11,12)6-3-1-5(2-4-6)7(9)10;7-6(9)5-2-1-3-8-4-5;1-5-3-2-4-6(8)7-5/h1-4H,(H,9,10)(H2,8,11,12);1-4H,(H2,7,9);2-4H,1H3,(H,7,8). The number of benzene rings is 1. The van der Waals surface area contributed by atoms with E-state index in [1.54, 1.807) is 24.4 Å². The van der Waals surface area contributed by atoms with Crippen molar-refractivity contribution in [2.45, 2.75) is 11.8 Å². The molecule has 0 aliphatic carbocycles. The zero-order valence-electron chi connectivity index (χ0n) is 15.8. The minimum Gasteiger partial charge on any atom is -0.478 e. The molecular weight excluding hydrogens is 412 g/mol. The molecule has 0 saturated heterocycles. The number of aryl methyl sites for hydroxylation is 1. The molecule has 158 valence electrons. The number of aromatic nitrogens is 2. The molecule has 0 radical (unpaired) electrons. The summed E-state index contributed by atoms with van der Waals surface area (Å²) in [6.07, 6.45) is 3.02. The Balaban J connectivity index is 0.000000234. The van der Waals surface area contributed by atoms with Crippen LogP contribution in [0.3, 0.4) is 0 Å². The number of nitrogens with two attached hydrogens (primary N) is 2. The molecule has 2 aromatic heterocycles. The SMILES string of the molecule is Cc1cccc(=O)[nH]1.NC(=O)c1cccnc1.NS(=O)(=O)c1ccc(C(=O)O)cc1. The number of aromatic amines is 1. The van der Waals surface area contributed by atoms with Gasteiger partial charge in [-0.1, -0.05) is 6.07 Å². The molecular formula is C19H20N4O6S. The number of carboxylic acids is 1. The summed E-state index contributed by atoms with van der Waals surface area (Å²) in [7, 11) is -3.74. The minimum absolute atomic E-state index is 0.0207. The first-order chi connectivity index (χ1) is 14.0. The number of amides is 1. The molecule has 0 unspecified atom stereocenters. The minimum atomic E-state index is -3.74. The number of pyridine rings is 2. The first-order valence-electron chi connectivity index (χ1n) is 8.22. The van der Waals surface area contributed by atoms with Gasteiger partial charge in [0.1, 0.15) is 0 Å². The lowest BCUT2D eigenvalue weighted by Crippen LogP contribution is -2.12. The number of nitrogens with zero attached hydrogens (tertiary/aromatic N) is 1. The van der Waals surface area contributed by atoms with Crippen molar-refractivity contribution in [1.29, 1.82) is 0 Å². The van der Waals surface area contributed by atoms with E-state index in [1.165, 1.54) is 24.4 Å². The van der Waals surface area contributed by atoms with E-state index in [1.807, 2.05) is 13.0 Å². The van der Waals surface area contributed by atoms with E-state index in [9.17, 15) is 22.8 Å². The summed E-state index contributed by atoms with van der Waals surface area (Å²) in [5, 5.41) is 13.3. The highest BCUT2D eigenvalue weighted by atomic mass is 32.2. The highest BCUT2D eigenvalue weighted by molar-refractivity contribution is 7.89. The van der Waals surface area contributed by atoms with Gasteiger partial charge in [-0.15, -0.1) is 0 Å². The van der Waals surface area contributed by atoms with Crippen LogP contribution in [0, 0.1) is 6.92 Å². The average molecular weight is 432 g/mol. The van der Waals surface area contributed by atoms with E-state index in [-0.39, 0.29) is 16.0 Å². The Bertz CT molecular complexity index is 1140. The van der Waals surface area contributed by atoms with Crippen molar-refractivity contribution in [2.75, 3.05) is 0 Å². The number of carbonyl (C=O) groups excluding carboxylic acids is 1. The van der Waals surface area contributed by atoms with Crippen molar-refractivity contribution in [1.82, 2.24) is 9.97 Å². The number of nitrogens with one attached hydrogen (secondary N) is 1. The Hall–Kier alpha value is -3.83. The lowest BCUT2D eigenvalue weighted by molar-refractivity contribution is 0.0696. The van der Waals surface area contributed by atoms with Crippen LogP contribution >= 0.6 is 0 Å². The predicted octanol–water partition coefficient (Wildman–Crippen LogP) is 0.896. The van der Waals surface area contributed by atoms with Crippen LogP contribution in [0.5, 0.6) is 0 Å². The summed E-state index contributed by atoms with van der Waals surface area (Å²) >= 11 is 0. The van der Waals surface area contributed by atoms with Crippen LogP contribution in [0.1, 0.15) is 26.4 Å². The van der Waals surface area contributed by atoms with Crippen molar-refractivity contribution in [3.05, 3.63) is 94.2 Å². The van der Waals surface area contributed by atoms with Crippen LogP contribution < -0.4 is 16.4 Å². The molecule has 11 heteroatoms. The maximum Gasteiger partial charge on any atom is 0.335 e. The fourth-order valence-electron chi connectivity index (χ4n) is 1.85. The lowest BCUT2D eigenvalue weighted by atomic mass is 10.2. The van der Waals surface area contributed by atoms with Crippen LogP contribution in [-0.2, 0) is 10.0 Å². The number of aromatic carboxylic acids is 1. The second-order valence-electron chi connectivity index (χ2n) is 5.68. The molecule has 0 bridgehead atoms. The molecule has 1 amide bonds. The molecule has 0 aliphatic rings. The van der Waals surface area contributed by atoms with Crippen molar-refractivity contribution in [2.24, 2.45) is 10.9 Å². The zero-order valence-corrected chi connectivity index (χ0v) is 16.7. The van der Waals surface area contributed by atoms with Gasteiger partial charge in [0, 0.05) is 24.2 Å². The highest BCUT2D eigenvalue weighted by Gasteiger charge is 2.08. The third kappa shape index (κ3) is 8.91. The molecule has 10 nitrogen and oxygen atoms in total. The summed E-state index contributed by atoms with van der Waals surface area (Å²) in [6, 6.07) is 13.0. The molecule has 0 fully saturated rings. The van der Waals surface area contributed by atoms with Crippen LogP contribution in [-0.4, -0.2) is 35.4 Å². The van der Waals surface area contributed by atoms with Gasteiger partial charge in [-0.05, 0) is 49.4 Å². The van der Waals surface area contributed by atoms with E-state index < -0.39 is 21.9 Å². The molecule has 1 aromatic carbocycles. The topological polar surface area (TPSA) is 186 Å². The largest absolute Gasteiger partial charge is 0.478 e. The summed E-state index contributed by atoms with van der Waals surface area (Å²) in [5.41, 5.74) is 6.26. The van der Waals surface area contributed by atoms with E-state index in [2.05, 4.69) is 9.97 Å². The third-order valence-electron chi connectivity index (χ3n) is 3.29. The molecule has 3 aromatic rings. The molecule has 6 N–H and O–H groups in total. The van der Waals surface area contributed by atoms with Gasteiger partial charge in [0.15, 0.2) is 0 Å². The highest BCUT2D eigenvalue weighted by Crippen LogP contribution is 2.08. The number of hydrogen-bond acceptors (Lipinski definition) is 6. The van der Waals surface area contributed by atoms with E-state index >= 15 is 0 Å². The number of sulfonamides is 1. The van der Waals surface area contributed by atoms with Gasteiger partial charge in [0.05, 0.1) is 16.0 Å². The quantitative estimate of drug-likeness (QED) is 0.473. The first-order valence-corrected chi connectivity index (χ1v) is 9.77. The van der Waals surface area contributed by atoms with Crippen molar-refractivity contribution in [3.8, 4) is 0 Å². The Labute approximate surface area is 172 Å². The number of rotatable bonds is 3. The number of carbonyl (C=O) groups is 2. The Morgan fingerprint density at radius 1 is 1.00 bits per heavy atom.